The Morgan fingerprint density at radius 1 is 0.972 bits per heavy atom. The molecule has 1 aliphatic heterocycles. The van der Waals surface area contributed by atoms with Crippen LogP contribution in [0.3, 0.4) is 0 Å². The molecule has 0 radical (unpaired) electrons. The number of halogens is 3. The SMILES string of the molecule is COc1cc(CCCC2=NC(c3cccnc3)=CCC(C)c3ccc(OC)cc32)cc(C(F)(F)F)c1. The summed E-state index contributed by atoms with van der Waals surface area (Å²) < 4.78 is 50.7. The van der Waals surface area contributed by atoms with Gasteiger partial charge >= 0.3 is 6.18 Å². The van der Waals surface area contributed by atoms with E-state index in [-0.39, 0.29) is 11.7 Å². The van der Waals surface area contributed by atoms with Gasteiger partial charge in [0.05, 0.1) is 25.5 Å². The number of aliphatic imine (C=N–C) groups is 1. The molecular weight excluding hydrogens is 465 g/mol. The molecule has 0 bridgehead atoms. The highest BCUT2D eigenvalue weighted by molar-refractivity contribution is 6.05. The Hall–Kier alpha value is -3.61. The number of aryl methyl sites for hydroxylation is 1. The first kappa shape index (κ1) is 25.5. The van der Waals surface area contributed by atoms with Crippen molar-refractivity contribution in [1.29, 1.82) is 0 Å². The Kier molecular flexibility index (Phi) is 7.77. The van der Waals surface area contributed by atoms with E-state index in [0.717, 1.165) is 40.8 Å². The fourth-order valence-electron chi connectivity index (χ4n) is 4.44. The molecular formula is C29H29F3N2O2. The van der Waals surface area contributed by atoms with E-state index in [0.29, 0.717) is 24.8 Å². The summed E-state index contributed by atoms with van der Waals surface area (Å²) in [5, 5.41) is 0. The van der Waals surface area contributed by atoms with Crippen LogP contribution in [0.15, 0.2) is 72.0 Å². The van der Waals surface area contributed by atoms with Crippen LogP contribution >= 0.6 is 0 Å². The number of hydrogen-bond acceptors (Lipinski definition) is 4. The number of fused-ring (bicyclic) bond motifs is 1. The number of methoxy groups -OCH3 is 2. The van der Waals surface area contributed by atoms with E-state index in [1.165, 1.54) is 18.7 Å². The third kappa shape index (κ3) is 5.96. The summed E-state index contributed by atoms with van der Waals surface area (Å²) in [5.41, 5.74) is 4.72. The number of alkyl halides is 3. The zero-order valence-corrected chi connectivity index (χ0v) is 20.6. The molecule has 1 aromatic heterocycles. The minimum atomic E-state index is -4.43. The number of allylic oxidation sites excluding steroid dienone is 1. The highest BCUT2D eigenvalue weighted by Gasteiger charge is 2.31. The lowest BCUT2D eigenvalue weighted by Gasteiger charge is -2.21. The molecule has 0 aliphatic carbocycles. The summed E-state index contributed by atoms with van der Waals surface area (Å²) in [5.74, 6) is 1.20. The van der Waals surface area contributed by atoms with Gasteiger partial charge in [0.25, 0.3) is 0 Å². The van der Waals surface area contributed by atoms with Gasteiger partial charge in [-0.3, -0.25) is 9.98 Å². The summed E-state index contributed by atoms with van der Waals surface area (Å²) in [6, 6.07) is 13.8. The molecule has 0 amide bonds. The number of aromatic nitrogens is 1. The second kappa shape index (κ2) is 11.0. The number of nitrogens with zero attached hydrogens (tertiary/aromatic N) is 2. The molecule has 0 spiro atoms. The molecule has 0 fully saturated rings. The largest absolute Gasteiger partial charge is 0.497 e. The lowest BCUT2D eigenvalue weighted by Crippen LogP contribution is -2.11. The van der Waals surface area contributed by atoms with Crippen molar-refractivity contribution in [2.75, 3.05) is 14.2 Å². The summed E-state index contributed by atoms with van der Waals surface area (Å²) >= 11 is 0. The van der Waals surface area contributed by atoms with Gasteiger partial charge in [0.1, 0.15) is 11.5 Å². The minimum Gasteiger partial charge on any atom is -0.497 e. The predicted molar refractivity (Wildman–Crippen MR) is 136 cm³/mol. The van der Waals surface area contributed by atoms with E-state index in [1.54, 1.807) is 25.6 Å². The van der Waals surface area contributed by atoms with Crippen LogP contribution in [0.4, 0.5) is 13.2 Å². The Bertz CT molecular complexity index is 1270. The quantitative estimate of drug-likeness (QED) is 0.342. The van der Waals surface area contributed by atoms with Gasteiger partial charge in [-0.1, -0.05) is 19.1 Å². The van der Waals surface area contributed by atoms with Crippen molar-refractivity contribution in [2.45, 2.75) is 44.7 Å². The first-order chi connectivity index (χ1) is 17.3. The van der Waals surface area contributed by atoms with Crippen LogP contribution in [0.5, 0.6) is 11.5 Å². The maximum Gasteiger partial charge on any atom is 0.416 e. The van der Waals surface area contributed by atoms with Crippen molar-refractivity contribution in [3.8, 4) is 11.5 Å². The molecule has 4 rings (SSSR count). The summed E-state index contributed by atoms with van der Waals surface area (Å²) in [6.45, 7) is 2.18. The standard InChI is InChI=1S/C29H29F3N2O2/c1-19-9-12-27(21-7-5-13-33-18-21)34-28(26-17-23(35-2)10-11-25(19)26)8-4-6-20-14-22(29(30,31)32)16-24(15-20)36-3/h5,7,10-19H,4,6,8-9H2,1-3H3. The van der Waals surface area contributed by atoms with Crippen molar-refractivity contribution in [1.82, 2.24) is 4.98 Å². The fourth-order valence-corrected chi connectivity index (χ4v) is 4.44. The lowest BCUT2D eigenvalue weighted by atomic mass is 9.87. The molecule has 0 saturated carbocycles. The molecule has 36 heavy (non-hydrogen) atoms. The van der Waals surface area contributed by atoms with Crippen LogP contribution in [0.25, 0.3) is 5.70 Å². The van der Waals surface area contributed by atoms with Gasteiger partial charge in [0, 0.05) is 29.2 Å². The molecule has 7 heteroatoms. The second-order valence-corrected chi connectivity index (χ2v) is 8.90. The zero-order chi connectivity index (χ0) is 25.7. The number of rotatable bonds is 7. The number of hydrogen-bond donors (Lipinski definition) is 0. The molecule has 4 nitrogen and oxygen atoms in total. The maximum absolute atomic E-state index is 13.4. The molecule has 2 aromatic carbocycles. The van der Waals surface area contributed by atoms with Crippen LogP contribution in [-0.2, 0) is 12.6 Å². The van der Waals surface area contributed by atoms with Gasteiger partial charge < -0.3 is 9.47 Å². The smallest absolute Gasteiger partial charge is 0.416 e. The van der Waals surface area contributed by atoms with E-state index in [9.17, 15) is 13.2 Å². The van der Waals surface area contributed by atoms with Gasteiger partial charge in [-0.15, -0.1) is 0 Å². The van der Waals surface area contributed by atoms with Gasteiger partial charge in [-0.25, -0.2) is 0 Å². The Labute approximate surface area is 209 Å². The topological polar surface area (TPSA) is 43.7 Å². The van der Waals surface area contributed by atoms with Crippen LogP contribution in [0.1, 0.15) is 59.9 Å². The molecule has 188 valence electrons. The van der Waals surface area contributed by atoms with E-state index in [1.807, 2.05) is 24.3 Å². The molecule has 2 heterocycles. The highest BCUT2D eigenvalue weighted by atomic mass is 19.4. The zero-order valence-electron chi connectivity index (χ0n) is 20.6. The van der Waals surface area contributed by atoms with Crippen LogP contribution < -0.4 is 9.47 Å². The molecule has 1 aliphatic rings. The van der Waals surface area contributed by atoms with Crippen molar-refractivity contribution < 1.29 is 22.6 Å². The number of benzene rings is 2. The van der Waals surface area contributed by atoms with E-state index in [4.69, 9.17) is 14.5 Å². The van der Waals surface area contributed by atoms with Crippen LogP contribution in [-0.4, -0.2) is 24.9 Å². The highest BCUT2D eigenvalue weighted by Crippen LogP contribution is 2.35. The normalized spacial score (nSPS) is 15.8. The lowest BCUT2D eigenvalue weighted by molar-refractivity contribution is -0.137. The van der Waals surface area contributed by atoms with E-state index >= 15 is 0 Å². The van der Waals surface area contributed by atoms with E-state index in [2.05, 4.69) is 24.1 Å². The van der Waals surface area contributed by atoms with Gasteiger partial charge in [-0.05, 0) is 85.2 Å². The predicted octanol–water partition coefficient (Wildman–Crippen LogP) is 7.48. The molecule has 1 atom stereocenters. The monoisotopic (exact) mass is 494 g/mol. The van der Waals surface area contributed by atoms with Crippen molar-refractivity contribution in [3.05, 3.63) is 94.8 Å². The average Bonchev–Trinajstić information content (AvgIpc) is 2.88. The van der Waals surface area contributed by atoms with Gasteiger partial charge in [-0.2, -0.15) is 13.2 Å². The number of pyridine rings is 1. The Morgan fingerprint density at radius 3 is 2.47 bits per heavy atom. The average molecular weight is 495 g/mol. The van der Waals surface area contributed by atoms with Crippen molar-refractivity contribution in [2.24, 2.45) is 4.99 Å². The molecule has 0 N–H and O–H groups in total. The number of ether oxygens (including phenoxy) is 2. The van der Waals surface area contributed by atoms with Crippen LogP contribution in [0, 0.1) is 0 Å². The third-order valence-electron chi connectivity index (χ3n) is 6.39. The molecule has 3 aromatic rings. The van der Waals surface area contributed by atoms with E-state index < -0.39 is 11.7 Å². The first-order valence-electron chi connectivity index (χ1n) is 11.9. The van der Waals surface area contributed by atoms with Crippen molar-refractivity contribution in [3.63, 3.8) is 0 Å². The van der Waals surface area contributed by atoms with Crippen molar-refractivity contribution >= 4 is 11.4 Å². The first-order valence-corrected chi connectivity index (χ1v) is 11.9. The van der Waals surface area contributed by atoms with Gasteiger partial charge in [0.2, 0.25) is 0 Å². The summed E-state index contributed by atoms with van der Waals surface area (Å²) in [6.07, 6.45) is 3.71. The molecule has 0 saturated heterocycles. The second-order valence-electron chi connectivity index (χ2n) is 8.90. The summed E-state index contributed by atoms with van der Waals surface area (Å²) in [7, 11) is 3.01. The minimum absolute atomic E-state index is 0.203. The van der Waals surface area contributed by atoms with Gasteiger partial charge in [0.15, 0.2) is 0 Å². The third-order valence-corrected chi connectivity index (χ3v) is 6.39. The Balaban J connectivity index is 1.67. The maximum atomic E-state index is 13.4. The summed E-state index contributed by atoms with van der Waals surface area (Å²) in [4.78, 5) is 9.30. The van der Waals surface area contributed by atoms with Crippen LogP contribution in [0.2, 0.25) is 0 Å². The fraction of sp³-hybridized carbons (Fsp3) is 0.310. The Morgan fingerprint density at radius 2 is 1.78 bits per heavy atom. The molecule has 1 unspecified atom stereocenters.